The maximum atomic E-state index is 11.5. The molecule has 0 bridgehead atoms. The zero-order chi connectivity index (χ0) is 13.7. The van der Waals surface area contributed by atoms with Crippen molar-refractivity contribution in [3.63, 3.8) is 0 Å². The largest absolute Gasteiger partial charge is 0.277 e. The molecule has 1 aromatic carbocycles. The van der Waals surface area contributed by atoms with Crippen molar-refractivity contribution < 1.29 is 14.6 Å². The monoisotopic (exact) mass is 252 g/mol. The number of amides is 1. The molecular formula is C9H8N4O5. The summed E-state index contributed by atoms with van der Waals surface area (Å²) >= 11 is 0. The lowest BCUT2D eigenvalue weighted by Crippen LogP contribution is -2.17. The third-order valence-electron chi connectivity index (χ3n) is 1.88. The van der Waals surface area contributed by atoms with E-state index >= 15 is 0 Å². The number of carbonyl (C=O) groups excluding carboxylic acids is 1. The molecule has 0 saturated heterocycles. The van der Waals surface area contributed by atoms with Crippen molar-refractivity contribution in [3.05, 3.63) is 44.0 Å². The van der Waals surface area contributed by atoms with Gasteiger partial charge in [0.2, 0.25) is 0 Å². The summed E-state index contributed by atoms with van der Waals surface area (Å²) in [6, 6.07) is 2.65. The predicted molar refractivity (Wildman–Crippen MR) is 61.4 cm³/mol. The Bertz CT molecular complexity index is 508. The van der Waals surface area contributed by atoms with Crippen molar-refractivity contribution in [1.82, 2.24) is 5.43 Å². The molecule has 0 radical (unpaired) electrons. The van der Waals surface area contributed by atoms with E-state index in [-0.39, 0.29) is 5.56 Å². The molecule has 0 heterocycles. The third-order valence-corrected chi connectivity index (χ3v) is 1.88. The first kappa shape index (κ1) is 13.2. The molecule has 94 valence electrons. The van der Waals surface area contributed by atoms with Crippen LogP contribution in [0.15, 0.2) is 23.3 Å². The molecule has 0 fully saturated rings. The number of hydrogen-bond donors (Lipinski definition) is 1. The van der Waals surface area contributed by atoms with Gasteiger partial charge >= 0.3 is 0 Å². The summed E-state index contributed by atoms with van der Waals surface area (Å²) in [7, 11) is 0. The Morgan fingerprint density at radius 3 is 2.11 bits per heavy atom. The van der Waals surface area contributed by atoms with E-state index in [4.69, 9.17) is 0 Å². The van der Waals surface area contributed by atoms with Crippen LogP contribution in [-0.4, -0.2) is 22.0 Å². The summed E-state index contributed by atoms with van der Waals surface area (Å²) in [4.78, 5) is 31.0. The second kappa shape index (κ2) is 5.48. The van der Waals surface area contributed by atoms with Crippen LogP contribution in [0.4, 0.5) is 11.4 Å². The SMILES string of the molecule is CC=NNC(=O)c1cc([N+](=O)[O-])cc([N+](=O)[O-])c1. The van der Waals surface area contributed by atoms with Gasteiger partial charge in [0.05, 0.1) is 21.5 Å². The fourth-order valence-corrected chi connectivity index (χ4v) is 1.12. The van der Waals surface area contributed by atoms with E-state index in [9.17, 15) is 25.0 Å². The van der Waals surface area contributed by atoms with Crippen molar-refractivity contribution in [2.24, 2.45) is 5.10 Å². The number of carbonyl (C=O) groups is 1. The lowest BCUT2D eigenvalue weighted by molar-refractivity contribution is -0.394. The second-order valence-electron chi connectivity index (χ2n) is 3.08. The van der Waals surface area contributed by atoms with Gasteiger partial charge in [-0.25, -0.2) is 5.43 Å². The Hall–Kier alpha value is -2.84. The summed E-state index contributed by atoms with van der Waals surface area (Å²) in [5.41, 5.74) is 0.794. The molecule has 0 atom stereocenters. The number of nitrogens with zero attached hydrogens (tertiary/aromatic N) is 3. The van der Waals surface area contributed by atoms with E-state index in [1.165, 1.54) is 6.21 Å². The zero-order valence-electron chi connectivity index (χ0n) is 9.19. The number of non-ortho nitro benzene ring substituents is 2. The minimum Gasteiger partial charge on any atom is -0.267 e. The lowest BCUT2D eigenvalue weighted by Gasteiger charge is -2.00. The molecule has 0 aliphatic carbocycles. The molecule has 18 heavy (non-hydrogen) atoms. The topological polar surface area (TPSA) is 128 Å². The summed E-state index contributed by atoms with van der Waals surface area (Å²) in [6.45, 7) is 1.55. The van der Waals surface area contributed by atoms with Gasteiger partial charge in [0.15, 0.2) is 0 Å². The first-order valence-corrected chi connectivity index (χ1v) is 4.67. The molecule has 9 nitrogen and oxygen atoms in total. The van der Waals surface area contributed by atoms with Crippen molar-refractivity contribution in [1.29, 1.82) is 0 Å². The molecule has 0 spiro atoms. The standard InChI is InChI=1S/C9H8N4O5/c1-2-10-11-9(14)6-3-7(12(15)16)5-8(4-6)13(17)18/h2-5H,1H3,(H,11,14). The molecular weight excluding hydrogens is 244 g/mol. The average molecular weight is 252 g/mol. The van der Waals surface area contributed by atoms with Crippen LogP contribution < -0.4 is 5.43 Å². The van der Waals surface area contributed by atoms with E-state index in [2.05, 4.69) is 10.5 Å². The first-order valence-electron chi connectivity index (χ1n) is 4.67. The highest BCUT2D eigenvalue weighted by molar-refractivity contribution is 5.95. The summed E-state index contributed by atoms with van der Waals surface area (Å²) in [5.74, 6) is -0.764. The molecule has 9 heteroatoms. The van der Waals surface area contributed by atoms with Crippen LogP contribution in [0.1, 0.15) is 17.3 Å². The van der Waals surface area contributed by atoms with E-state index in [0.29, 0.717) is 0 Å². The van der Waals surface area contributed by atoms with Crippen LogP contribution in [0, 0.1) is 20.2 Å². The summed E-state index contributed by atoms with van der Waals surface area (Å²) in [6.07, 6.45) is 1.30. The van der Waals surface area contributed by atoms with Crippen molar-refractivity contribution in [2.45, 2.75) is 6.92 Å². The Morgan fingerprint density at radius 2 is 1.72 bits per heavy atom. The van der Waals surface area contributed by atoms with Crippen molar-refractivity contribution in [2.75, 3.05) is 0 Å². The maximum Gasteiger partial charge on any atom is 0.277 e. The van der Waals surface area contributed by atoms with Gasteiger partial charge in [-0.1, -0.05) is 0 Å². The average Bonchev–Trinajstić information content (AvgIpc) is 2.35. The van der Waals surface area contributed by atoms with Gasteiger partial charge in [0.1, 0.15) is 0 Å². The summed E-state index contributed by atoms with van der Waals surface area (Å²) < 4.78 is 0. The molecule has 0 aliphatic rings. The molecule has 1 aromatic rings. The Kier molecular flexibility index (Phi) is 4.02. The van der Waals surface area contributed by atoms with Gasteiger partial charge in [-0.2, -0.15) is 5.10 Å². The fourth-order valence-electron chi connectivity index (χ4n) is 1.12. The normalized spacial score (nSPS) is 10.3. The number of nitro groups is 2. The molecule has 0 unspecified atom stereocenters. The van der Waals surface area contributed by atoms with E-state index in [1.807, 2.05) is 0 Å². The Balaban J connectivity index is 3.22. The Morgan fingerprint density at radius 1 is 1.22 bits per heavy atom. The van der Waals surface area contributed by atoms with E-state index < -0.39 is 27.1 Å². The second-order valence-corrected chi connectivity index (χ2v) is 3.08. The smallest absolute Gasteiger partial charge is 0.267 e. The third kappa shape index (κ3) is 3.07. The van der Waals surface area contributed by atoms with Crippen LogP contribution in [0.25, 0.3) is 0 Å². The molecule has 1 N–H and O–H groups in total. The van der Waals surface area contributed by atoms with Gasteiger partial charge in [-0.3, -0.25) is 25.0 Å². The van der Waals surface area contributed by atoms with Gasteiger partial charge < -0.3 is 0 Å². The summed E-state index contributed by atoms with van der Waals surface area (Å²) in [5, 5.41) is 24.6. The number of nitrogens with one attached hydrogen (secondary N) is 1. The van der Waals surface area contributed by atoms with Gasteiger partial charge in [0, 0.05) is 18.3 Å². The van der Waals surface area contributed by atoms with Crippen LogP contribution in [0.3, 0.4) is 0 Å². The highest BCUT2D eigenvalue weighted by Crippen LogP contribution is 2.22. The molecule has 1 amide bonds. The van der Waals surface area contributed by atoms with Crippen LogP contribution >= 0.6 is 0 Å². The van der Waals surface area contributed by atoms with Crippen LogP contribution in [-0.2, 0) is 0 Å². The van der Waals surface area contributed by atoms with Gasteiger partial charge in [0.25, 0.3) is 17.3 Å². The molecule has 1 rings (SSSR count). The Labute approximate surface area is 100 Å². The number of hydrogen-bond acceptors (Lipinski definition) is 6. The van der Waals surface area contributed by atoms with E-state index in [0.717, 1.165) is 18.2 Å². The molecule has 0 aliphatic heterocycles. The predicted octanol–water partition coefficient (Wildman–Crippen LogP) is 1.24. The number of rotatable bonds is 4. The number of hydrazone groups is 1. The first-order chi connectivity index (χ1) is 8.45. The minimum atomic E-state index is -0.813. The highest BCUT2D eigenvalue weighted by atomic mass is 16.6. The quantitative estimate of drug-likeness (QED) is 0.489. The van der Waals surface area contributed by atoms with E-state index in [1.54, 1.807) is 6.92 Å². The fraction of sp³-hybridized carbons (Fsp3) is 0.111. The van der Waals surface area contributed by atoms with Crippen LogP contribution in [0.2, 0.25) is 0 Å². The zero-order valence-corrected chi connectivity index (χ0v) is 9.19. The minimum absolute atomic E-state index is 0.207. The molecule has 0 saturated carbocycles. The number of nitro benzene ring substituents is 2. The van der Waals surface area contributed by atoms with Crippen molar-refractivity contribution >= 4 is 23.5 Å². The lowest BCUT2D eigenvalue weighted by atomic mass is 10.1. The van der Waals surface area contributed by atoms with Gasteiger partial charge in [-0.15, -0.1) is 0 Å². The maximum absolute atomic E-state index is 11.5. The van der Waals surface area contributed by atoms with Crippen molar-refractivity contribution in [3.8, 4) is 0 Å². The highest BCUT2D eigenvalue weighted by Gasteiger charge is 2.19. The van der Waals surface area contributed by atoms with Crippen LogP contribution in [0.5, 0.6) is 0 Å². The molecule has 0 aromatic heterocycles. The number of benzene rings is 1. The van der Waals surface area contributed by atoms with Gasteiger partial charge in [-0.05, 0) is 6.92 Å².